The summed E-state index contributed by atoms with van der Waals surface area (Å²) in [6.45, 7) is -4.27. The Bertz CT molecular complexity index is 1150. The van der Waals surface area contributed by atoms with E-state index in [2.05, 4.69) is 0 Å². The van der Waals surface area contributed by atoms with E-state index in [1.165, 1.54) is 0 Å². The highest BCUT2D eigenvalue weighted by Gasteiger charge is 2.57. The van der Waals surface area contributed by atoms with Gasteiger partial charge >= 0.3 is 0 Å². The molecule has 0 saturated carbocycles. The molecule has 25 heteroatoms. The van der Waals surface area contributed by atoms with Crippen LogP contribution in [0.5, 0.6) is 0 Å². The van der Waals surface area contributed by atoms with E-state index < -0.39 is 180 Å². The largest absolute Gasteiger partial charge is 0.394 e. The maximum atomic E-state index is 11.3. The summed E-state index contributed by atoms with van der Waals surface area (Å²) < 4.78 is 50.2. The van der Waals surface area contributed by atoms with Crippen molar-refractivity contribution in [2.75, 3.05) is 33.0 Å². The quantitative estimate of drug-likeness (QED) is 0.0871. The molecule has 316 valence electrons. The third kappa shape index (κ3) is 8.85. The van der Waals surface area contributed by atoms with E-state index in [4.69, 9.17) is 42.6 Å². The highest BCUT2D eigenvalue weighted by atomic mass is 16.8. The Morgan fingerprint density at radius 1 is 0.352 bits per heavy atom. The minimum atomic E-state index is -2.18. The van der Waals surface area contributed by atoms with Gasteiger partial charge in [0.05, 0.1) is 33.0 Å². The molecule has 5 aliphatic heterocycles. The predicted molar refractivity (Wildman–Crippen MR) is 161 cm³/mol. The summed E-state index contributed by atoms with van der Waals surface area (Å²) in [4.78, 5) is 0. The molecule has 25 nitrogen and oxygen atoms in total. The zero-order chi connectivity index (χ0) is 39.8. The van der Waals surface area contributed by atoms with Crippen molar-refractivity contribution in [1.82, 2.24) is 0 Å². The smallest absolute Gasteiger partial charge is 0.187 e. The van der Waals surface area contributed by atoms with Crippen molar-refractivity contribution in [3.8, 4) is 0 Å². The average Bonchev–Trinajstić information content (AvgIpc) is 3.16. The van der Waals surface area contributed by atoms with Crippen LogP contribution in [0.1, 0.15) is 0 Å². The molecule has 5 heterocycles. The van der Waals surface area contributed by atoms with Crippen LogP contribution in [0.15, 0.2) is 0 Å². The summed E-state index contributed by atoms with van der Waals surface area (Å²) in [6, 6.07) is 0. The van der Waals surface area contributed by atoms with Crippen LogP contribution in [0.2, 0.25) is 0 Å². The summed E-state index contributed by atoms with van der Waals surface area (Å²) in [5.41, 5.74) is 0. The molecule has 1 unspecified atom stereocenters. The summed E-state index contributed by atoms with van der Waals surface area (Å²) in [7, 11) is 0. The molecule has 0 aromatic rings. The van der Waals surface area contributed by atoms with Gasteiger partial charge in [0.2, 0.25) is 0 Å². The molecule has 0 radical (unpaired) electrons. The van der Waals surface area contributed by atoms with Gasteiger partial charge in [-0.1, -0.05) is 0 Å². The Morgan fingerprint density at radius 2 is 0.778 bits per heavy atom. The molecule has 54 heavy (non-hydrogen) atoms. The predicted octanol–water partition coefficient (Wildman–Crippen LogP) is -11.3. The fraction of sp³-hybridized carbons (Fsp3) is 1.00. The number of aliphatic hydroxyl groups is 16. The van der Waals surface area contributed by atoms with Crippen LogP contribution in [0, 0.1) is 0 Å². The normalized spacial score (nSPS) is 53.3. The maximum absolute atomic E-state index is 11.3. The van der Waals surface area contributed by atoms with E-state index in [9.17, 15) is 81.7 Å². The molecule has 0 amide bonds. The zero-order valence-corrected chi connectivity index (χ0v) is 28.2. The van der Waals surface area contributed by atoms with Crippen LogP contribution < -0.4 is 0 Å². The summed E-state index contributed by atoms with van der Waals surface area (Å²) in [5.74, 6) is 0. The number of ether oxygens (including phenoxy) is 9. The molecule has 5 saturated heterocycles. The highest BCUT2D eigenvalue weighted by Crippen LogP contribution is 2.36. The Hall–Kier alpha value is -1.00. The minimum Gasteiger partial charge on any atom is -0.394 e. The fourth-order valence-corrected chi connectivity index (χ4v) is 6.72. The van der Waals surface area contributed by atoms with Crippen molar-refractivity contribution in [3.63, 3.8) is 0 Å². The zero-order valence-electron chi connectivity index (χ0n) is 28.2. The highest BCUT2D eigenvalue weighted by molar-refractivity contribution is 4.99. The third-order valence-corrected chi connectivity index (χ3v) is 9.93. The van der Waals surface area contributed by atoms with Crippen LogP contribution in [0.3, 0.4) is 0 Å². The van der Waals surface area contributed by atoms with Crippen LogP contribution >= 0.6 is 0 Å². The number of rotatable bonds is 12. The van der Waals surface area contributed by atoms with Crippen LogP contribution in [0.4, 0.5) is 0 Å². The number of hydrogen-bond acceptors (Lipinski definition) is 25. The third-order valence-electron chi connectivity index (χ3n) is 9.93. The average molecular weight is 799 g/mol. The molecular formula is C29H50O25. The van der Waals surface area contributed by atoms with Crippen molar-refractivity contribution in [2.24, 2.45) is 0 Å². The Labute approximate surface area is 305 Å². The topological polar surface area (TPSA) is 407 Å². The van der Waals surface area contributed by atoms with Gasteiger partial charge in [-0.2, -0.15) is 0 Å². The number of aliphatic hydroxyl groups excluding tert-OH is 16. The first-order chi connectivity index (χ1) is 25.6. The van der Waals surface area contributed by atoms with Crippen LogP contribution in [-0.4, -0.2) is 262 Å². The second-order valence-electron chi connectivity index (χ2n) is 13.5. The summed E-state index contributed by atoms with van der Waals surface area (Å²) in [5, 5.41) is 166. The second kappa shape index (κ2) is 18.7. The van der Waals surface area contributed by atoms with Crippen molar-refractivity contribution in [3.05, 3.63) is 0 Å². The Morgan fingerprint density at radius 3 is 1.37 bits per heavy atom. The molecule has 0 aromatic carbocycles. The Kier molecular flexibility index (Phi) is 15.3. The molecule has 5 aliphatic rings. The van der Waals surface area contributed by atoms with Crippen LogP contribution in [0.25, 0.3) is 0 Å². The van der Waals surface area contributed by atoms with E-state index in [1.54, 1.807) is 0 Å². The first-order valence-electron chi connectivity index (χ1n) is 17.0. The van der Waals surface area contributed by atoms with Crippen molar-refractivity contribution < 1.29 is 124 Å². The molecule has 0 aromatic heterocycles. The van der Waals surface area contributed by atoms with Gasteiger partial charge in [-0.15, -0.1) is 0 Å². The van der Waals surface area contributed by atoms with E-state index in [0.29, 0.717) is 0 Å². The van der Waals surface area contributed by atoms with Crippen molar-refractivity contribution in [2.45, 2.75) is 147 Å². The van der Waals surface area contributed by atoms with Crippen LogP contribution in [-0.2, 0) is 42.6 Å². The van der Waals surface area contributed by atoms with Gasteiger partial charge in [-0.05, 0) is 0 Å². The number of hydrogen-bond donors (Lipinski definition) is 16. The lowest BCUT2D eigenvalue weighted by molar-refractivity contribution is -0.407. The lowest BCUT2D eigenvalue weighted by atomic mass is 9.95. The Balaban J connectivity index is 1.43. The van der Waals surface area contributed by atoms with Gasteiger partial charge in [0.1, 0.15) is 116 Å². The fourth-order valence-electron chi connectivity index (χ4n) is 6.72. The van der Waals surface area contributed by atoms with E-state index >= 15 is 0 Å². The van der Waals surface area contributed by atoms with E-state index in [-0.39, 0.29) is 0 Å². The molecular weight excluding hydrogens is 748 g/mol. The molecule has 0 bridgehead atoms. The first kappa shape index (κ1) is 44.1. The van der Waals surface area contributed by atoms with Gasteiger partial charge in [0.25, 0.3) is 0 Å². The standard InChI is InChI=1S/C29H50O25/c30-1-7-12(36)14(38)19(43)27(48-7)51-22-10(4-33)50-28(20(44)16(22)40)54-24-23(53-26-18(42)11(35)6(34)5-46-26)13(37)8(2-31)49-29(24)52-21-9(3-32)47-25(45)17(41)15(21)39/h6-45H,1-5H2/t6-,7-,8-,9-,10-,11+,12-,13-,14+,15-,16-,17-,18-,19-,20-,21+,22+,23+,24-,25?,26+,27+,28+,29+/m1/s1. The van der Waals surface area contributed by atoms with Gasteiger partial charge in [0, 0.05) is 0 Å². The monoisotopic (exact) mass is 798 g/mol. The SMILES string of the molecule is OC[C@H]1O[C@@H](O[C@@H]2[C@H](O)[C@@H](O)[C@H](O[C@H]3[C@H](O[C@@H]4[C@H](O)[C@@H](O)C(O)O[C@@H]4CO)O[C@H](CO)[C@@H](O)[C@@H]3O[C@@H]3OC[C@@H](O)[C@H](O)[C@H]3O)O[C@@H]2CO)[C@H](O)[C@@H](O)[C@@H]1O. The summed E-state index contributed by atoms with van der Waals surface area (Å²) >= 11 is 0. The van der Waals surface area contributed by atoms with Gasteiger partial charge < -0.3 is 124 Å². The minimum absolute atomic E-state index is 0.578. The van der Waals surface area contributed by atoms with Gasteiger partial charge in [0.15, 0.2) is 31.5 Å². The molecule has 16 N–H and O–H groups in total. The first-order valence-corrected chi connectivity index (χ1v) is 17.0. The molecule has 5 rings (SSSR count). The molecule has 0 aliphatic carbocycles. The molecule has 5 fully saturated rings. The van der Waals surface area contributed by atoms with Gasteiger partial charge in [-0.25, -0.2) is 0 Å². The van der Waals surface area contributed by atoms with E-state index in [0.717, 1.165) is 0 Å². The van der Waals surface area contributed by atoms with E-state index in [1.807, 2.05) is 0 Å². The van der Waals surface area contributed by atoms with Gasteiger partial charge in [-0.3, -0.25) is 0 Å². The second-order valence-corrected chi connectivity index (χ2v) is 13.5. The summed E-state index contributed by atoms with van der Waals surface area (Å²) in [6.07, 6.45) is -44.7. The maximum Gasteiger partial charge on any atom is 0.187 e. The molecule has 24 atom stereocenters. The lowest BCUT2D eigenvalue weighted by Crippen LogP contribution is -2.68. The van der Waals surface area contributed by atoms with Crippen molar-refractivity contribution >= 4 is 0 Å². The van der Waals surface area contributed by atoms with Crippen molar-refractivity contribution in [1.29, 1.82) is 0 Å². The molecule has 0 spiro atoms. The lowest BCUT2D eigenvalue weighted by Gasteiger charge is -2.50.